The molecule has 4 rings (SSSR count). The molecule has 0 radical (unpaired) electrons. The zero-order valence-electron chi connectivity index (χ0n) is 23.0. The van der Waals surface area contributed by atoms with E-state index in [4.69, 9.17) is 20.6 Å². The van der Waals surface area contributed by atoms with Gasteiger partial charge in [0.15, 0.2) is 0 Å². The zero-order valence-corrected chi connectivity index (χ0v) is 24.0. The minimum Gasteiger partial charge on any atom is -0.534 e. The van der Waals surface area contributed by atoms with Crippen LogP contribution in [0.15, 0.2) is 97.1 Å². The van der Waals surface area contributed by atoms with Crippen molar-refractivity contribution in [1.29, 1.82) is 0 Å². The molecule has 0 saturated carbocycles. The number of carbonyl (C=O) groups excluding carboxylic acids is 1. The van der Waals surface area contributed by atoms with Crippen LogP contribution in [0, 0.1) is 0 Å². The number of carbonyl (C=O) groups is 1. The van der Waals surface area contributed by atoms with Crippen LogP contribution in [-0.2, 0) is 6.42 Å². The lowest BCUT2D eigenvalue weighted by Gasteiger charge is -2.43. The third-order valence-corrected chi connectivity index (χ3v) is 11.9. The molecule has 0 bridgehead atoms. The van der Waals surface area contributed by atoms with E-state index in [1.54, 1.807) is 12.1 Å². The molecule has 0 saturated heterocycles. The molecule has 4 aromatic carbocycles. The van der Waals surface area contributed by atoms with E-state index in [1.165, 1.54) is 17.5 Å². The molecular formula is C32H37N3O3Si. The van der Waals surface area contributed by atoms with Gasteiger partial charge in [-0.1, -0.05) is 93.6 Å². The minimum absolute atomic E-state index is 0.110. The van der Waals surface area contributed by atoms with Crippen molar-refractivity contribution >= 4 is 36.0 Å². The van der Waals surface area contributed by atoms with Crippen molar-refractivity contribution in [2.45, 2.75) is 32.2 Å². The summed E-state index contributed by atoms with van der Waals surface area (Å²) in [5, 5.41) is 5.71. The number of primary amides is 1. The fourth-order valence-electron chi connectivity index (χ4n) is 5.01. The first kappa shape index (κ1) is 27.8. The normalized spacial score (nSPS) is 11.6. The summed E-state index contributed by atoms with van der Waals surface area (Å²) in [6.45, 7) is 7.45. The number of hydrogen-bond acceptors (Lipinski definition) is 5. The predicted molar refractivity (Wildman–Crippen MR) is 163 cm³/mol. The van der Waals surface area contributed by atoms with E-state index in [2.05, 4.69) is 111 Å². The second-order valence-corrected chi connectivity index (χ2v) is 14.8. The number of nitrogens with one attached hydrogen (secondary N) is 1. The number of ether oxygens (including phenoxy) is 1. The van der Waals surface area contributed by atoms with Crippen molar-refractivity contribution in [2.75, 3.05) is 24.7 Å². The first-order chi connectivity index (χ1) is 18.7. The van der Waals surface area contributed by atoms with Crippen LogP contribution in [0.25, 0.3) is 0 Å². The number of methoxy groups -OCH3 is 1. The van der Waals surface area contributed by atoms with Crippen molar-refractivity contribution in [3.05, 3.63) is 108 Å². The Morgan fingerprint density at radius 1 is 0.872 bits per heavy atom. The zero-order chi connectivity index (χ0) is 28.0. The maximum absolute atomic E-state index is 11.5. The predicted octanol–water partition coefficient (Wildman–Crippen LogP) is 4.97. The number of nitrogen functional groups attached to an aromatic ring is 1. The van der Waals surface area contributed by atoms with Crippen LogP contribution in [0.4, 0.5) is 11.4 Å². The van der Waals surface area contributed by atoms with Gasteiger partial charge in [-0.2, -0.15) is 0 Å². The summed E-state index contributed by atoms with van der Waals surface area (Å²) in [5.74, 6) is 0.790. The van der Waals surface area contributed by atoms with Crippen molar-refractivity contribution in [3.8, 4) is 11.5 Å². The molecule has 0 aliphatic heterocycles. The quantitative estimate of drug-likeness (QED) is 0.195. The maximum atomic E-state index is 11.5. The number of amides is 1. The monoisotopic (exact) mass is 539 g/mol. The molecule has 4 aromatic rings. The molecule has 6 nitrogen and oxygen atoms in total. The van der Waals surface area contributed by atoms with E-state index in [-0.39, 0.29) is 5.04 Å². The summed E-state index contributed by atoms with van der Waals surface area (Å²) < 4.78 is 12.5. The maximum Gasteiger partial charge on any atom is 0.319 e. The topological polar surface area (TPSA) is 99.6 Å². The number of anilines is 2. The van der Waals surface area contributed by atoms with Gasteiger partial charge in [0.05, 0.1) is 12.8 Å². The Morgan fingerprint density at radius 3 is 1.92 bits per heavy atom. The smallest absolute Gasteiger partial charge is 0.319 e. The molecule has 0 unspecified atom stereocenters. The number of rotatable bonds is 10. The minimum atomic E-state index is -2.68. The third-order valence-electron chi connectivity index (χ3n) is 6.96. The molecule has 0 spiro atoms. The molecule has 39 heavy (non-hydrogen) atoms. The molecule has 0 fully saturated rings. The Labute approximate surface area is 232 Å². The standard InChI is InChI=1S/C32H37N3O3Si/c1-32(2,3)39(26-11-7-5-8-12-26,27-13-9-6-10-14-27)38-25-17-15-23(16-18-25)19-20-35-30-28(33)21-24(31(34)36)22-29(30)37-4/h5-18,21-22,35H,19-20,33H2,1-4H3,(H2,34,36). The van der Waals surface area contributed by atoms with E-state index < -0.39 is 14.2 Å². The van der Waals surface area contributed by atoms with E-state index in [0.717, 1.165) is 17.7 Å². The van der Waals surface area contributed by atoms with E-state index in [9.17, 15) is 4.79 Å². The van der Waals surface area contributed by atoms with E-state index in [0.29, 0.717) is 29.2 Å². The first-order valence-corrected chi connectivity index (χ1v) is 15.0. The highest BCUT2D eigenvalue weighted by Gasteiger charge is 2.52. The average Bonchev–Trinajstić information content (AvgIpc) is 2.93. The van der Waals surface area contributed by atoms with Gasteiger partial charge in [0.1, 0.15) is 17.2 Å². The lowest BCUT2D eigenvalue weighted by Crippen LogP contribution is -2.68. The molecule has 0 aliphatic carbocycles. The van der Waals surface area contributed by atoms with Crippen LogP contribution in [0.2, 0.25) is 5.04 Å². The molecule has 0 aromatic heterocycles. The van der Waals surface area contributed by atoms with Gasteiger partial charge in [-0.15, -0.1) is 0 Å². The average molecular weight is 540 g/mol. The second kappa shape index (κ2) is 11.7. The largest absolute Gasteiger partial charge is 0.534 e. The second-order valence-electron chi connectivity index (χ2n) is 10.6. The lowest BCUT2D eigenvalue weighted by molar-refractivity contribution is 0.1000. The lowest BCUT2D eigenvalue weighted by atomic mass is 10.1. The van der Waals surface area contributed by atoms with Crippen LogP contribution in [-0.4, -0.2) is 27.9 Å². The Bertz CT molecular complexity index is 1360. The van der Waals surface area contributed by atoms with Crippen LogP contribution < -0.4 is 36.3 Å². The fraction of sp³-hybridized carbons (Fsp3) is 0.219. The van der Waals surface area contributed by atoms with Crippen LogP contribution in [0.3, 0.4) is 0 Å². The van der Waals surface area contributed by atoms with E-state index >= 15 is 0 Å². The molecule has 0 aliphatic rings. The van der Waals surface area contributed by atoms with Gasteiger partial charge in [-0.25, -0.2) is 0 Å². The summed E-state index contributed by atoms with van der Waals surface area (Å²) in [7, 11) is -1.14. The van der Waals surface area contributed by atoms with Crippen molar-refractivity contribution in [2.24, 2.45) is 5.73 Å². The first-order valence-electron chi connectivity index (χ1n) is 13.1. The summed E-state index contributed by atoms with van der Waals surface area (Å²) in [6.07, 6.45) is 0.764. The van der Waals surface area contributed by atoms with Crippen LogP contribution in [0.5, 0.6) is 11.5 Å². The molecule has 0 heterocycles. The fourth-order valence-corrected chi connectivity index (χ4v) is 9.43. The van der Waals surface area contributed by atoms with E-state index in [1.807, 2.05) is 0 Å². The van der Waals surface area contributed by atoms with Gasteiger partial charge in [-0.05, 0) is 51.7 Å². The highest BCUT2D eigenvalue weighted by atomic mass is 28.4. The van der Waals surface area contributed by atoms with Gasteiger partial charge < -0.3 is 25.9 Å². The Morgan fingerprint density at radius 2 is 1.44 bits per heavy atom. The SMILES string of the molecule is COc1cc(C(N)=O)cc(N)c1NCCc1ccc(O[Si](c2ccccc2)(c2ccccc2)C(C)(C)C)cc1. The number of hydrogen-bond donors (Lipinski definition) is 3. The van der Waals surface area contributed by atoms with Gasteiger partial charge in [0, 0.05) is 12.1 Å². The van der Waals surface area contributed by atoms with Crippen molar-refractivity contribution in [1.82, 2.24) is 0 Å². The van der Waals surface area contributed by atoms with Gasteiger partial charge in [0.25, 0.3) is 0 Å². The van der Waals surface area contributed by atoms with Crippen molar-refractivity contribution in [3.63, 3.8) is 0 Å². The number of benzene rings is 4. The Kier molecular flexibility index (Phi) is 8.31. The molecule has 0 atom stereocenters. The molecule has 1 amide bonds. The van der Waals surface area contributed by atoms with Gasteiger partial charge in [-0.3, -0.25) is 4.79 Å². The molecule has 7 heteroatoms. The van der Waals surface area contributed by atoms with Gasteiger partial charge in [0.2, 0.25) is 5.91 Å². The third kappa shape index (κ3) is 5.94. The molecule has 5 N–H and O–H groups in total. The highest BCUT2D eigenvalue weighted by molar-refractivity contribution is 7.00. The summed E-state index contributed by atoms with van der Waals surface area (Å²) in [6, 6.07) is 32.7. The Balaban J connectivity index is 1.55. The van der Waals surface area contributed by atoms with Gasteiger partial charge >= 0.3 is 8.32 Å². The molecule has 202 valence electrons. The summed E-state index contributed by atoms with van der Waals surface area (Å²) in [4.78, 5) is 11.5. The van der Waals surface area contributed by atoms with Crippen LogP contribution >= 0.6 is 0 Å². The van der Waals surface area contributed by atoms with Crippen LogP contribution in [0.1, 0.15) is 36.7 Å². The summed E-state index contributed by atoms with van der Waals surface area (Å²) in [5.41, 5.74) is 14.1. The molecular weight excluding hydrogens is 502 g/mol. The Hall–Kier alpha value is -4.23. The number of nitrogens with two attached hydrogens (primary N) is 2. The highest BCUT2D eigenvalue weighted by Crippen LogP contribution is 2.37. The van der Waals surface area contributed by atoms with Crippen molar-refractivity contribution < 1.29 is 14.0 Å². The summed E-state index contributed by atoms with van der Waals surface area (Å²) >= 11 is 0.